The van der Waals surface area contributed by atoms with E-state index in [4.69, 9.17) is 24.5 Å². The standard InChI is InChI=1S/C20H25N5O2.2C2HF3O2/c1-27-14-17-12-20(15-25(17)19-22-8-3-9-23-19)5-10-24(11-6-20)18(26)16-4-2-7-21-13-16;2*3-2(4,5)1(6)7/h2-4,7-9,13,17H,5-6,10-12,14-15H2,1H3;2*(H,6,7). The third kappa shape index (κ3) is 9.84. The number of ether oxygens (including phenoxy) is 1. The van der Waals surface area contributed by atoms with Crippen molar-refractivity contribution in [2.45, 2.75) is 37.7 Å². The molecule has 2 fully saturated rings. The summed E-state index contributed by atoms with van der Waals surface area (Å²) in [5, 5.41) is 14.2. The number of nitrogens with zero attached hydrogens (tertiary/aromatic N) is 5. The van der Waals surface area contributed by atoms with Crippen LogP contribution < -0.4 is 4.90 Å². The number of aromatic nitrogens is 3. The number of hydrogen-bond donors (Lipinski definition) is 2. The van der Waals surface area contributed by atoms with Crippen LogP contribution in [0.2, 0.25) is 0 Å². The third-order valence-electron chi connectivity index (χ3n) is 6.29. The minimum atomic E-state index is -5.08. The Balaban J connectivity index is 0.000000349. The van der Waals surface area contributed by atoms with Crippen LogP contribution in [0.4, 0.5) is 32.3 Å². The number of carboxylic acid groups (broad SMARTS) is 2. The monoisotopic (exact) mass is 595 g/mol. The van der Waals surface area contributed by atoms with Crippen LogP contribution in [0.1, 0.15) is 29.6 Å². The van der Waals surface area contributed by atoms with Crippen LogP contribution in [0.3, 0.4) is 0 Å². The second-order valence-electron chi connectivity index (χ2n) is 9.13. The van der Waals surface area contributed by atoms with Crippen molar-refractivity contribution in [3.05, 3.63) is 48.5 Å². The molecular formula is C24H27F6N5O6. The molecule has 2 aliphatic heterocycles. The first-order valence-electron chi connectivity index (χ1n) is 11.9. The van der Waals surface area contributed by atoms with Crippen molar-refractivity contribution in [3.8, 4) is 0 Å². The second kappa shape index (κ2) is 14.0. The van der Waals surface area contributed by atoms with Crippen molar-refractivity contribution >= 4 is 23.8 Å². The lowest BCUT2D eigenvalue weighted by molar-refractivity contribution is -0.193. The van der Waals surface area contributed by atoms with Crippen LogP contribution in [0.15, 0.2) is 43.0 Å². The van der Waals surface area contributed by atoms with Gasteiger partial charge < -0.3 is 24.7 Å². The molecule has 0 bridgehead atoms. The lowest BCUT2D eigenvalue weighted by atomic mass is 9.76. The average Bonchev–Trinajstić information content (AvgIpc) is 3.27. The molecule has 0 aliphatic carbocycles. The number of anilines is 1. The number of alkyl halides is 6. The lowest BCUT2D eigenvalue weighted by Gasteiger charge is -2.39. The predicted octanol–water partition coefficient (Wildman–Crippen LogP) is 3.29. The molecule has 1 spiro atoms. The van der Waals surface area contributed by atoms with E-state index in [2.05, 4.69) is 19.9 Å². The summed E-state index contributed by atoms with van der Waals surface area (Å²) in [6.45, 7) is 3.13. The fraction of sp³-hybridized carbons (Fsp3) is 0.500. The highest BCUT2D eigenvalue weighted by atomic mass is 19.4. The summed E-state index contributed by atoms with van der Waals surface area (Å²) < 4.78 is 68.9. The van der Waals surface area contributed by atoms with Crippen LogP contribution in [0, 0.1) is 5.41 Å². The number of hydrogen-bond acceptors (Lipinski definition) is 8. The van der Waals surface area contributed by atoms with Crippen molar-refractivity contribution in [2.24, 2.45) is 5.41 Å². The van der Waals surface area contributed by atoms with E-state index in [1.165, 1.54) is 0 Å². The molecule has 2 N–H and O–H groups in total. The number of piperidine rings is 1. The predicted molar refractivity (Wildman–Crippen MR) is 129 cm³/mol. The largest absolute Gasteiger partial charge is 0.490 e. The summed E-state index contributed by atoms with van der Waals surface area (Å²) in [6.07, 6.45) is -0.236. The second-order valence-corrected chi connectivity index (χ2v) is 9.13. The Bertz CT molecular complexity index is 1120. The number of methoxy groups -OCH3 is 1. The highest BCUT2D eigenvalue weighted by Gasteiger charge is 2.47. The first-order chi connectivity index (χ1) is 19.1. The average molecular weight is 595 g/mol. The molecule has 1 amide bonds. The van der Waals surface area contributed by atoms with E-state index >= 15 is 0 Å². The number of carbonyl (C=O) groups excluding carboxylic acids is 1. The summed E-state index contributed by atoms with van der Waals surface area (Å²) in [6, 6.07) is 5.75. The van der Waals surface area contributed by atoms with E-state index < -0.39 is 24.3 Å². The van der Waals surface area contributed by atoms with Gasteiger partial charge in [0.25, 0.3) is 5.91 Å². The molecule has 41 heavy (non-hydrogen) atoms. The summed E-state index contributed by atoms with van der Waals surface area (Å²) in [5.41, 5.74) is 0.852. The van der Waals surface area contributed by atoms with E-state index in [1.807, 2.05) is 23.1 Å². The molecule has 0 saturated carbocycles. The first kappa shape index (κ1) is 33.2. The van der Waals surface area contributed by atoms with E-state index in [0.717, 1.165) is 44.8 Å². The zero-order valence-electron chi connectivity index (χ0n) is 21.6. The topological polar surface area (TPSA) is 146 Å². The van der Waals surface area contributed by atoms with Gasteiger partial charge in [-0.2, -0.15) is 26.3 Å². The Morgan fingerprint density at radius 3 is 1.95 bits per heavy atom. The smallest absolute Gasteiger partial charge is 0.475 e. The van der Waals surface area contributed by atoms with E-state index in [1.54, 1.807) is 31.9 Å². The zero-order chi connectivity index (χ0) is 30.8. The molecular weight excluding hydrogens is 568 g/mol. The number of halogens is 6. The summed E-state index contributed by atoms with van der Waals surface area (Å²) in [4.78, 5) is 47.7. The Morgan fingerprint density at radius 1 is 0.976 bits per heavy atom. The van der Waals surface area contributed by atoms with Crippen LogP contribution in [0.5, 0.6) is 0 Å². The van der Waals surface area contributed by atoms with Crippen molar-refractivity contribution in [1.82, 2.24) is 19.9 Å². The number of carboxylic acids is 2. The summed E-state index contributed by atoms with van der Waals surface area (Å²) in [5.74, 6) is -4.67. The fourth-order valence-corrected chi connectivity index (χ4v) is 4.40. The number of pyridine rings is 1. The molecule has 0 aromatic carbocycles. The van der Waals surface area contributed by atoms with Gasteiger partial charge in [0.05, 0.1) is 18.2 Å². The van der Waals surface area contributed by atoms with Crippen LogP contribution in [-0.4, -0.2) is 99.7 Å². The number of rotatable bonds is 4. The van der Waals surface area contributed by atoms with Gasteiger partial charge in [-0.25, -0.2) is 19.6 Å². The Morgan fingerprint density at radius 2 is 1.51 bits per heavy atom. The van der Waals surface area contributed by atoms with Crippen LogP contribution in [0.25, 0.3) is 0 Å². The van der Waals surface area contributed by atoms with Gasteiger partial charge in [0.15, 0.2) is 0 Å². The summed E-state index contributed by atoms with van der Waals surface area (Å²) >= 11 is 0. The highest BCUT2D eigenvalue weighted by molar-refractivity contribution is 5.93. The van der Waals surface area contributed by atoms with Gasteiger partial charge in [-0.05, 0) is 42.9 Å². The molecule has 1 atom stereocenters. The van der Waals surface area contributed by atoms with Crippen molar-refractivity contribution in [3.63, 3.8) is 0 Å². The molecule has 11 nitrogen and oxygen atoms in total. The molecule has 1 unspecified atom stereocenters. The molecule has 2 aromatic rings. The molecule has 2 saturated heterocycles. The van der Waals surface area contributed by atoms with Gasteiger partial charge in [0.2, 0.25) is 5.95 Å². The van der Waals surface area contributed by atoms with Gasteiger partial charge in [0, 0.05) is 51.5 Å². The Hall–Kier alpha value is -4.02. The molecule has 226 valence electrons. The van der Waals surface area contributed by atoms with Gasteiger partial charge in [0.1, 0.15) is 0 Å². The van der Waals surface area contributed by atoms with Gasteiger partial charge in [-0.15, -0.1) is 0 Å². The van der Waals surface area contributed by atoms with Crippen molar-refractivity contribution < 1.29 is 55.7 Å². The lowest BCUT2D eigenvalue weighted by Crippen LogP contribution is -2.44. The van der Waals surface area contributed by atoms with Crippen LogP contribution >= 0.6 is 0 Å². The van der Waals surface area contributed by atoms with E-state index in [9.17, 15) is 31.1 Å². The maximum Gasteiger partial charge on any atom is 0.490 e. The van der Waals surface area contributed by atoms with Gasteiger partial charge in [-0.3, -0.25) is 9.78 Å². The summed E-state index contributed by atoms with van der Waals surface area (Å²) in [7, 11) is 1.74. The minimum absolute atomic E-state index is 0.0765. The Labute approximate surface area is 229 Å². The molecule has 4 heterocycles. The maximum atomic E-state index is 12.7. The molecule has 2 aromatic heterocycles. The van der Waals surface area contributed by atoms with Gasteiger partial charge >= 0.3 is 24.3 Å². The van der Waals surface area contributed by atoms with Crippen molar-refractivity contribution in [2.75, 3.05) is 38.3 Å². The third-order valence-corrected chi connectivity index (χ3v) is 6.29. The number of likely N-dealkylation sites (tertiary alicyclic amines) is 1. The number of aliphatic carboxylic acids is 2. The fourth-order valence-electron chi connectivity index (χ4n) is 4.40. The maximum absolute atomic E-state index is 12.7. The zero-order valence-corrected chi connectivity index (χ0v) is 21.6. The normalized spacial score (nSPS) is 18.1. The molecule has 2 aliphatic rings. The molecule has 0 radical (unpaired) electrons. The molecule has 17 heteroatoms. The van der Waals surface area contributed by atoms with E-state index in [0.29, 0.717) is 12.2 Å². The van der Waals surface area contributed by atoms with Crippen LogP contribution in [-0.2, 0) is 14.3 Å². The number of carbonyl (C=O) groups is 3. The van der Waals surface area contributed by atoms with E-state index in [-0.39, 0.29) is 17.4 Å². The highest BCUT2D eigenvalue weighted by Crippen LogP contribution is 2.44. The number of amides is 1. The Kier molecular flexibility index (Phi) is 11.4. The quantitative estimate of drug-likeness (QED) is 0.505. The van der Waals surface area contributed by atoms with Gasteiger partial charge in [-0.1, -0.05) is 0 Å². The minimum Gasteiger partial charge on any atom is -0.475 e. The first-order valence-corrected chi connectivity index (χ1v) is 11.9. The van der Waals surface area contributed by atoms with Crippen molar-refractivity contribution in [1.29, 1.82) is 0 Å². The SMILES string of the molecule is COCC1CC2(CCN(C(=O)c3cccnc3)CC2)CN1c1ncccn1.O=C(O)C(F)(F)F.O=C(O)C(F)(F)F. The molecule has 4 rings (SSSR count).